The third-order valence-corrected chi connectivity index (χ3v) is 4.81. The summed E-state index contributed by atoms with van der Waals surface area (Å²) in [6, 6.07) is 0. The van der Waals surface area contributed by atoms with Gasteiger partial charge in [-0.1, -0.05) is 33.1 Å². The molecule has 1 saturated carbocycles. The molecule has 0 aromatic rings. The fourth-order valence-electron chi connectivity index (χ4n) is 3.71. The Morgan fingerprint density at radius 2 is 1.82 bits per heavy atom. The largest absolute Gasteiger partial charge is 0.392 e. The van der Waals surface area contributed by atoms with Gasteiger partial charge in [-0.15, -0.1) is 0 Å². The fraction of sp³-hybridized carbons (Fsp3) is 1.00. The maximum absolute atomic E-state index is 10.6. The maximum Gasteiger partial charge on any atom is 0.0630 e. The molecule has 1 heterocycles. The van der Waals surface area contributed by atoms with Crippen LogP contribution in [0.3, 0.4) is 0 Å². The maximum atomic E-state index is 10.6. The van der Waals surface area contributed by atoms with Crippen molar-refractivity contribution in [3.8, 4) is 0 Å². The van der Waals surface area contributed by atoms with Crippen LogP contribution in [0.2, 0.25) is 0 Å². The summed E-state index contributed by atoms with van der Waals surface area (Å²) in [6.45, 7) is 4.37. The van der Waals surface area contributed by atoms with Crippen LogP contribution in [0.1, 0.15) is 65.2 Å². The van der Waals surface area contributed by atoms with Crippen LogP contribution in [0.15, 0.2) is 0 Å². The van der Waals surface area contributed by atoms with Gasteiger partial charge in [0.1, 0.15) is 0 Å². The van der Waals surface area contributed by atoms with Gasteiger partial charge in [0.15, 0.2) is 0 Å². The van der Waals surface area contributed by atoms with Gasteiger partial charge in [-0.2, -0.15) is 0 Å². The van der Waals surface area contributed by atoms with Gasteiger partial charge in [0, 0.05) is 5.92 Å². The van der Waals surface area contributed by atoms with Crippen LogP contribution in [-0.4, -0.2) is 23.4 Å². The second kappa shape index (κ2) is 6.19. The van der Waals surface area contributed by atoms with E-state index in [1.807, 2.05) is 0 Å². The van der Waals surface area contributed by atoms with E-state index >= 15 is 0 Å². The molecule has 17 heavy (non-hydrogen) atoms. The van der Waals surface area contributed by atoms with Gasteiger partial charge in [-0.3, -0.25) is 0 Å². The summed E-state index contributed by atoms with van der Waals surface area (Å²) in [4.78, 5) is 0. The van der Waals surface area contributed by atoms with Crippen LogP contribution in [0.5, 0.6) is 0 Å². The SMILES string of the molecule is CCC1CC(C(O)C2CCCCC2)C(CC)O1. The standard InChI is InChI=1S/C15H28O2/c1-3-12-10-13(14(4-2)17-12)15(16)11-8-6-5-7-9-11/h11-16H,3-10H2,1-2H3. The van der Waals surface area contributed by atoms with Crippen LogP contribution in [-0.2, 0) is 4.74 Å². The first-order valence-electron chi connectivity index (χ1n) is 7.59. The van der Waals surface area contributed by atoms with Gasteiger partial charge in [-0.05, 0) is 38.0 Å². The molecule has 1 saturated heterocycles. The van der Waals surface area contributed by atoms with E-state index in [4.69, 9.17) is 4.74 Å². The molecule has 2 nitrogen and oxygen atoms in total. The molecule has 1 N–H and O–H groups in total. The van der Waals surface area contributed by atoms with E-state index in [2.05, 4.69) is 13.8 Å². The van der Waals surface area contributed by atoms with E-state index in [1.165, 1.54) is 32.1 Å². The highest BCUT2D eigenvalue weighted by Gasteiger charge is 2.40. The van der Waals surface area contributed by atoms with E-state index in [-0.39, 0.29) is 6.10 Å². The minimum absolute atomic E-state index is 0.114. The molecule has 0 spiro atoms. The number of aliphatic hydroxyl groups is 1. The Bertz CT molecular complexity index is 223. The summed E-state index contributed by atoms with van der Waals surface area (Å²) in [5.74, 6) is 0.940. The average molecular weight is 240 g/mol. The Balaban J connectivity index is 1.94. The highest BCUT2D eigenvalue weighted by atomic mass is 16.5. The van der Waals surface area contributed by atoms with Crippen molar-refractivity contribution in [1.29, 1.82) is 0 Å². The third kappa shape index (κ3) is 3.03. The van der Waals surface area contributed by atoms with Gasteiger partial charge in [-0.25, -0.2) is 0 Å². The van der Waals surface area contributed by atoms with E-state index in [0.29, 0.717) is 24.0 Å². The van der Waals surface area contributed by atoms with Crippen LogP contribution < -0.4 is 0 Å². The Morgan fingerprint density at radius 3 is 2.41 bits per heavy atom. The number of hydrogen-bond acceptors (Lipinski definition) is 2. The van der Waals surface area contributed by atoms with Crippen molar-refractivity contribution in [2.75, 3.05) is 0 Å². The predicted octanol–water partition coefficient (Wildman–Crippen LogP) is 3.52. The average Bonchev–Trinajstić information content (AvgIpc) is 2.82. The molecule has 2 rings (SSSR count). The van der Waals surface area contributed by atoms with Crippen LogP contribution in [0.25, 0.3) is 0 Å². The first kappa shape index (κ1) is 13.4. The quantitative estimate of drug-likeness (QED) is 0.814. The first-order valence-corrected chi connectivity index (χ1v) is 7.59. The lowest BCUT2D eigenvalue weighted by molar-refractivity contribution is -0.0193. The second-order valence-corrected chi connectivity index (χ2v) is 5.90. The van der Waals surface area contributed by atoms with Crippen molar-refractivity contribution < 1.29 is 9.84 Å². The summed E-state index contributed by atoms with van der Waals surface area (Å²) in [5.41, 5.74) is 0. The van der Waals surface area contributed by atoms with Crippen molar-refractivity contribution in [3.05, 3.63) is 0 Å². The van der Waals surface area contributed by atoms with Crippen molar-refractivity contribution in [3.63, 3.8) is 0 Å². The van der Waals surface area contributed by atoms with E-state index < -0.39 is 0 Å². The minimum Gasteiger partial charge on any atom is -0.392 e. The summed E-state index contributed by atoms with van der Waals surface area (Å²) in [6.07, 6.45) is 10.2. The van der Waals surface area contributed by atoms with Crippen molar-refractivity contribution in [2.45, 2.75) is 83.5 Å². The van der Waals surface area contributed by atoms with Crippen molar-refractivity contribution >= 4 is 0 Å². The number of hydrogen-bond donors (Lipinski definition) is 1. The minimum atomic E-state index is -0.114. The topological polar surface area (TPSA) is 29.5 Å². The van der Waals surface area contributed by atoms with Gasteiger partial charge in [0.05, 0.1) is 18.3 Å². The third-order valence-electron chi connectivity index (χ3n) is 4.81. The number of rotatable bonds is 4. The fourth-order valence-corrected chi connectivity index (χ4v) is 3.71. The zero-order valence-electron chi connectivity index (χ0n) is 11.4. The van der Waals surface area contributed by atoms with Gasteiger partial charge >= 0.3 is 0 Å². The normalized spacial score (nSPS) is 37.2. The monoisotopic (exact) mass is 240 g/mol. The molecule has 2 fully saturated rings. The zero-order valence-corrected chi connectivity index (χ0v) is 11.4. The Labute approximate surface area is 106 Å². The van der Waals surface area contributed by atoms with Crippen molar-refractivity contribution in [2.24, 2.45) is 11.8 Å². The molecule has 4 atom stereocenters. The molecule has 0 amide bonds. The Kier molecular flexibility index (Phi) is 4.87. The summed E-state index contributed by atoms with van der Waals surface area (Å²) >= 11 is 0. The molecule has 4 unspecified atom stereocenters. The van der Waals surface area contributed by atoms with Gasteiger partial charge < -0.3 is 9.84 Å². The molecule has 1 aliphatic heterocycles. The molecule has 100 valence electrons. The van der Waals surface area contributed by atoms with Crippen molar-refractivity contribution in [1.82, 2.24) is 0 Å². The Morgan fingerprint density at radius 1 is 1.12 bits per heavy atom. The van der Waals surface area contributed by atoms with E-state index in [9.17, 15) is 5.11 Å². The predicted molar refractivity (Wildman–Crippen MR) is 69.9 cm³/mol. The Hall–Kier alpha value is -0.0800. The summed E-state index contributed by atoms with van der Waals surface area (Å²) in [7, 11) is 0. The van der Waals surface area contributed by atoms with Crippen LogP contribution >= 0.6 is 0 Å². The molecule has 0 aromatic carbocycles. The zero-order chi connectivity index (χ0) is 12.3. The van der Waals surface area contributed by atoms with Crippen LogP contribution in [0, 0.1) is 11.8 Å². The lowest BCUT2D eigenvalue weighted by atomic mass is 9.77. The molecule has 1 aliphatic carbocycles. The summed E-state index contributed by atoms with van der Waals surface area (Å²) in [5, 5.41) is 10.6. The lowest BCUT2D eigenvalue weighted by Gasteiger charge is -2.32. The first-order chi connectivity index (χ1) is 8.26. The molecular formula is C15H28O2. The lowest BCUT2D eigenvalue weighted by Crippen LogP contribution is -2.35. The van der Waals surface area contributed by atoms with Gasteiger partial charge in [0.25, 0.3) is 0 Å². The molecule has 0 radical (unpaired) electrons. The number of aliphatic hydroxyl groups excluding tert-OH is 1. The second-order valence-electron chi connectivity index (χ2n) is 5.90. The highest BCUT2D eigenvalue weighted by Crippen LogP contribution is 2.38. The summed E-state index contributed by atoms with van der Waals surface area (Å²) < 4.78 is 6.02. The molecule has 0 bridgehead atoms. The smallest absolute Gasteiger partial charge is 0.0630 e. The van der Waals surface area contributed by atoms with Gasteiger partial charge in [0.2, 0.25) is 0 Å². The molecule has 2 heteroatoms. The molecule has 2 aliphatic rings. The molecule has 0 aromatic heterocycles. The van der Waals surface area contributed by atoms with E-state index in [1.54, 1.807) is 0 Å². The highest BCUT2D eigenvalue weighted by molar-refractivity contribution is 4.89. The molecular weight excluding hydrogens is 212 g/mol. The van der Waals surface area contributed by atoms with E-state index in [0.717, 1.165) is 19.3 Å². The number of ether oxygens (including phenoxy) is 1. The van der Waals surface area contributed by atoms with Crippen LogP contribution in [0.4, 0.5) is 0 Å².